The number of alkyl halides is 3. The first-order valence-electron chi connectivity index (χ1n) is 7.78. The van der Waals surface area contributed by atoms with Gasteiger partial charge < -0.3 is 20.2 Å². The second-order valence-corrected chi connectivity index (χ2v) is 5.93. The zero-order chi connectivity index (χ0) is 18.0. The highest BCUT2D eigenvalue weighted by Crippen LogP contribution is 2.35. The number of hydrogen-bond donors (Lipinski definition) is 3. The van der Waals surface area contributed by atoms with Crippen molar-refractivity contribution in [2.24, 2.45) is 5.73 Å². The number of aromatic amines is 1. The number of nitrogens with zero attached hydrogens (tertiary/aromatic N) is 1. The molecule has 3 rings (SSSR count). The number of rotatable bonds is 4. The average Bonchev–Trinajstić information content (AvgIpc) is 2.96. The fourth-order valence-electron chi connectivity index (χ4n) is 2.83. The maximum atomic E-state index is 12.6. The van der Waals surface area contributed by atoms with E-state index in [2.05, 4.69) is 20.3 Å². The minimum atomic E-state index is -4.81. The maximum absolute atomic E-state index is 12.6. The van der Waals surface area contributed by atoms with Crippen LogP contribution in [0.15, 0.2) is 27.4 Å². The Labute approximate surface area is 152 Å². The molecule has 0 radical (unpaired) electrons. The van der Waals surface area contributed by atoms with Gasteiger partial charge in [0, 0.05) is 17.6 Å². The minimum absolute atomic E-state index is 0. The molecule has 0 amide bonds. The third-order valence-corrected chi connectivity index (χ3v) is 4.02. The standard InChI is InChI=1S/C15H17F3N4O3.ClH/c16-15(17,18)25-12-6-1-8(13-21-22-14(23)24-13)7-11(12)20-10-4-2-9(19)3-5-10;/h1,6-7,9-10,20H,2-5,19H2,(H,22,23);1H. The Morgan fingerprint density at radius 1 is 1.27 bits per heavy atom. The third kappa shape index (κ3) is 5.15. The Bertz CT molecular complexity index is 785. The van der Waals surface area contributed by atoms with Crippen molar-refractivity contribution in [2.75, 3.05) is 5.32 Å². The second-order valence-electron chi connectivity index (χ2n) is 5.93. The van der Waals surface area contributed by atoms with Crippen LogP contribution in [0.4, 0.5) is 18.9 Å². The summed E-state index contributed by atoms with van der Waals surface area (Å²) in [6.45, 7) is 0. The highest BCUT2D eigenvalue weighted by Gasteiger charge is 2.32. The van der Waals surface area contributed by atoms with Crippen molar-refractivity contribution in [1.82, 2.24) is 10.2 Å². The molecule has 1 aliphatic carbocycles. The smallest absolute Gasteiger partial charge is 0.404 e. The Kier molecular flexibility index (Phi) is 6.19. The lowest BCUT2D eigenvalue weighted by Crippen LogP contribution is -2.33. The molecule has 0 atom stereocenters. The number of hydrogen-bond acceptors (Lipinski definition) is 6. The molecule has 1 aliphatic rings. The van der Waals surface area contributed by atoms with Crippen molar-refractivity contribution in [3.63, 3.8) is 0 Å². The highest BCUT2D eigenvalue weighted by atomic mass is 35.5. The third-order valence-electron chi connectivity index (χ3n) is 4.02. The number of aromatic nitrogens is 2. The molecule has 0 unspecified atom stereocenters. The van der Waals surface area contributed by atoms with E-state index in [1.54, 1.807) is 0 Å². The Hall–Kier alpha value is -2.20. The van der Waals surface area contributed by atoms with Gasteiger partial charge in [0.25, 0.3) is 0 Å². The number of ether oxygens (including phenoxy) is 1. The fourth-order valence-corrected chi connectivity index (χ4v) is 2.83. The van der Waals surface area contributed by atoms with Crippen LogP contribution in [0, 0.1) is 0 Å². The summed E-state index contributed by atoms with van der Waals surface area (Å²) in [5.74, 6) is -1.12. The van der Waals surface area contributed by atoms with E-state index in [-0.39, 0.29) is 41.8 Å². The molecule has 4 N–H and O–H groups in total. The first-order chi connectivity index (χ1) is 11.8. The number of anilines is 1. The van der Waals surface area contributed by atoms with Crippen LogP contribution in [-0.2, 0) is 0 Å². The molecule has 1 fully saturated rings. The van der Waals surface area contributed by atoms with Crippen LogP contribution in [0.25, 0.3) is 11.5 Å². The predicted octanol–water partition coefficient (Wildman–Crippen LogP) is 3.03. The van der Waals surface area contributed by atoms with E-state index in [0.29, 0.717) is 5.56 Å². The van der Waals surface area contributed by atoms with Crippen LogP contribution in [0.1, 0.15) is 25.7 Å². The van der Waals surface area contributed by atoms with Crippen LogP contribution in [0.3, 0.4) is 0 Å². The Morgan fingerprint density at radius 2 is 1.96 bits per heavy atom. The van der Waals surface area contributed by atoms with E-state index in [1.807, 2.05) is 0 Å². The van der Waals surface area contributed by atoms with Crippen molar-refractivity contribution >= 4 is 18.1 Å². The molecular weight excluding hydrogens is 377 g/mol. The topological polar surface area (TPSA) is 106 Å². The SMILES string of the molecule is Cl.NC1CCC(Nc2cc(-c3n[nH]c(=O)o3)ccc2OC(F)(F)F)CC1. The lowest BCUT2D eigenvalue weighted by atomic mass is 9.91. The van der Waals surface area contributed by atoms with Crippen LogP contribution in [-0.4, -0.2) is 28.6 Å². The van der Waals surface area contributed by atoms with E-state index in [1.165, 1.54) is 12.1 Å². The summed E-state index contributed by atoms with van der Waals surface area (Å²) in [6, 6.07) is 4.01. The molecule has 7 nitrogen and oxygen atoms in total. The number of nitrogens with one attached hydrogen (secondary N) is 2. The van der Waals surface area contributed by atoms with E-state index in [9.17, 15) is 18.0 Å². The van der Waals surface area contributed by atoms with E-state index in [0.717, 1.165) is 31.7 Å². The molecule has 0 aliphatic heterocycles. The van der Waals surface area contributed by atoms with Crippen molar-refractivity contribution in [2.45, 2.75) is 44.1 Å². The summed E-state index contributed by atoms with van der Waals surface area (Å²) in [6.07, 6.45) is -1.74. The molecule has 1 heterocycles. The Morgan fingerprint density at radius 3 is 2.54 bits per heavy atom. The number of nitrogens with two attached hydrogens (primary N) is 1. The van der Waals surface area contributed by atoms with Gasteiger partial charge in [-0.05, 0) is 43.9 Å². The van der Waals surface area contributed by atoms with Crippen LogP contribution < -0.4 is 21.5 Å². The predicted molar refractivity (Wildman–Crippen MR) is 90.3 cm³/mol. The summed E-state index contributed by atoms with van der Waals surface area (Å²) < 4.78 is 46.8. The lowest BCUT2D eigenvalue weighted by molar-refractivity contribution is -0.274. The summed E-state index contributed by atoms with van der Waals surface area (Å²) in [4.78, 5) is 11.1. The molecule has 11 heteroatoms. The van der Waals surface area contributed by atoms with E-state index < -0.39 is 12.1 Å². The Balaban J connectivity index is 0.00000243. The van der Waals surface area contributed by atoms with E-state index >= 15 is 0 Å². The first-order valence-corrected chi connectivity index (χ1v) is 7.78. The quantitative estimate of drug-likeness (QED) is 0.736. The summed E-state index contributed by atoms with van der Waals surface area (Å²) in [7, 11) is 0. The van der Waals surface area contributed by atoms with Gasteiger partial charge in [-0.1, -0.05) is 0 Å². The van der Waals surface area contributed by atoms with Crippen LogP contribution in [0.2, 0.25) is 0 Å². The van der Waals surface area contributed by atoms with Gasteiger partial charge in [-0.15, -0.1) is 30.7 Å². The normalized spacial score (nSPS) is 20.3. The van der Waals surface area contributed by atoms with Crippen LogP contribution in [0.5, 0.6) is 5.75 Å². The van der Waals surface area contributed by atoms with Gasteiger partial charge in [-0.2, -0.15) is 0 Å². The van der Waals surface area contributed by atoms with Crippen LogP contribution >= 0.6 is 12.4 Å². The molecule has 2 aromatic rings. The molecule has 1 aromatic heterocycles. The highest BCUT2D eigenvalue weighted by molar-refractivity contribution is 5.85. The molecular formula is C15H18ClF3N4O3. The largest absolute Gasteiger partial charge is 0.573 e. The van der Waals surface area contributed by atoms with Crippen molar-refractivity contribution in [1.29, 1.82) is 0 Å². The van der Waals surface area contributed by atoms with Gasteiger partial charge >= 0.3 is 12.1 Å². The summed E-state index contributed by atoms with van der Waals surface area (Å²) in [5.41, 5.74) is 6.35. The zero-order valence-electron chi connectivity index (χ0n) is 13.5. The van der Waals surface area contributed by atoms with Gasteiger partial charge in [0.2, 0.25) is 5.89 Å². The molecule has 0 saturated heterocycles. The van der Waals surface area contributed by atoms with Gasteiger partial charge in [-0.25, -0.2) is 9.89 Å². The lowest BCUT2D eigenvalue weighted by Gasteiger charge is -2.28. The molecule has 0 bridgehead atoms. The molecule has 0 spiro atoms. The maximum Gasteiger partial charge on any atom is 0.573 e. The summed E-state index contributed by atoms with van der Waals surface area (Å²) >= 11 is 0. The molecule has 26 heavy (non-hydrogen) atoms. The number of benzene rings is 1. The number of halogens is 4. The molecule has 144 valence electrons. The average molecular weight is 395 g/mol. The molecule has 1 aromatic carbocycles. The van der Waals surface area contributed by atoms with Gasteiger partial charge in [-0.3, -0.25) is 0 Å². The monoisotopic (exact) mass is 394 g/mol. The van der Waals surface area contributed by atoms with E-state index in [4.69, 9.17) is 10.2 Å². The second kappa shape index (κ2) is 8.00. The van der Waals surface area contributed by atoms with Gasteiger partial charge in [0.1, 0.15) is 0 Å². The minimum Gasteiger partial charge on any atom is -0.404 e. The van der Waals surface area contributed by atoms with Crippen molar-refractivity contribution in [3.05, 3.63) is 28.7 Å². The molecule has 1 saturated carbocycles. The zero-order valence-corrected chi connectivity index (χ0v) is 14.3. The van der Waals surface area contributed by atoms with Crippen molar-refractivity contribution in [3.8, 4) is 17.2 Å². The van der Waals surface area contributed by atoms with Gasteiger partial charge in [0.15, 0.2) is 5.75 Å². The number of H-pyrrole nitrogens is 1. The first kappa shape index (κ1) is 20.1. The van der Waals surface area contributed by atoms with Gasteiger partial charge in [0.05, 0.1) is 5.69 Å². The summed E-state index contributed by atoms with van der Waals surface area (Å²) in [5, 5.41) is 8.86. The fraction of sp³-hybridized carbons (Fsp3) is 0.467. The van der Waals surface area contributed by atoms with Crippen molar-refractivity contribution < 1.29 is 22.3 Å².